The van der Waals surface area contributed by atoms with Gasteiger partial charge in [0.2, 0.25) is 5.91 Å². The van der Waals surface area contributed by atoms with Crippen LogP contribution in [0.15, 0.2) is 0 Å². The zero-order chi connectivity index (χ0) is 11.3. The fourth-order valence-electron chi connectivity index (χ4n) is 3.34. The van der Waals surface area contributed by atoms with Crippen molar-refractivity contribution in [2.24, 2.45) is 0 Å². The van der Waals surface area contributed by atoms with Gasteiger partial charge < -0.3 is 10.0 Å². The van der Waals surface area contributed by atoms with Crippen molar-refractivity contribution in [3.63, 3.8) is 0 Å². The van der Waals surface area contributed by atoms with Gasteiger partial charge in [0.05, 0.1) is 11.6 Å². The minimum absolute atomic E-state index is 0.00961. The summed E-state index contributed by atoms with van der Waals surface area (Å²) in [6.45, 7) is 0.880. The Labute approximate surface area is 94.0 Å². The molecule has 5 heteroatoms. The second-order valence-electron chi connectivity index (χ2n) is 5.07. The quantitative estimate of drug-likeness (QED) is 0.664. The van der Waals surface area contributed by atoms with E-state index in [1.807, 2.05) is 4.90 Å². The highest BCUT2D eigenvalue weighted by atomic mass is 16.4. The molecule has 3 fully saturated rings. The Balaban J connectivity index is 1.92. The average Bonchev–Trinajstić information content (AvgIpc) is 3.05. The first-order valence-corrected chi connectivity index (χ1v) is 5.95. The molecule has 3 rings (SSSR count). The molecule has 1 spiro atoms. The molecule has 0 bridgehead atoms. The van der Waals surface area contributed by atoms with Crippen LogP contribution in [0.5, 0.6) is 0 Å². The number of hydrogen-bond donors (Lipinski definition) is 1. The van der Waals surface area contributed by atoms with Crippen molar-refractivity contribution in [3.05, 3.63) is 0 Å². The van der Waals surface area contributed by atoms with Crippen LogP contribution in [0.3, 0.4) is 0 Å². The average molecular weight is 224 g/mol. The predicted molar refractivity (Wildman–Crippen MR) is 56.0 cm³/mol. The summed E-state index contributed by atoms with van der Waals surface area (Å²) in [6.07, 6.45) is 4.06. The van der Waals surface area contributed by atoms with Crippen LogP contribution < -0.4 is 0 Å². The fraction of sp³-hybridized carbons (Fsp3) is 0.818. The highest BCUT2D eigenvalue weighted by Gasteiger charge is 2.61. The van der Waals surface area contributed by atoms with Crippen LogP contribution in [0.1, 0.15) is 32.1 Å². The molecule has 2 aliphatic heterocycles. The van der Waals surface area contributed by atoms with Gasteiger partial charge in [0.25, 0.3) is 0 Å². The Morgan fingerprint density at radius 3 is 2.75 bits per heavy atom. The normalized spacial score (nSPS) is 31.5. The number of piperazine rings is 1. The summed E-state index contributed by atoms with van der Waals surface area (Å²) in [5, 5.41) is 9.18. The van der Waals surface area contributed by atoms with Crippen molar-refractivity contribution in [3.8, 4) is 0 Å². The summed E-state index contributed by atoms with van der Waals surface area (Å²) in [5.74, 6) is -0.00961. The first-order chi connectivity index (χ1) is 7.65. The number of fused-ring (bicyclic) bond motifs is 2. The number of nitrogens with zero attached hydrogens (tertiary/aromatic N) is 2. The maximum absolute atomic E-state index is 11.9. The van der Waals surface area contributed by atoms with E-state index in [-0.39, 0.29) is 24.0 Å². The molecule has 1 N–H and O–H groups in total. The molecule has 1 unspecified atom stereocenters. The third-order valence-electron chi connectivity index (χ3n) is 4.27. The van der Waals surface area contributed by atoms with Gasteiger partial charge in [-0.15, -0.1) is 0 Å². The van der Waals surface area contributed by atoms with Crippen molar-refractivity contribution >= 4 is 12.0 Å². The monoisotopic (exact) mass is 224 g/mol. The topological polar surface area (TPSA) is 60.9 Å². The highest BCUT2D eigenvalue weighted by Crippen LogP contribution is 2.51. The van der Waals surface area contributed by atoms with Crippen LogP contribution >= 0.6 is 0 Å². The molecule has 0 radical (unpaired) electrons. The standard InChI is InChI=1S/C11H16N2O3/c14-9-7-13(10(15)16)11(4-5-11)8-3-1-2-6-12(8)9/h8H,1-7H2,(H,15,16). The van der Waals surface area contributed by atoms with Crippen LogP contribution in [0.25, 0.3) is 0 Å². The lowest BCUT2D eigenvalue weighted by Crippen LogP contribution is -2.66. The van der Waals surface area contributed by atoms with E-state index in [0.29, 0.717) is 0 Å². The molecule has 0 aromatic carbocycles. The zero-order valence-electron chi connectivity index (χ0n) is 9.19. The van der Waals surface area contributed by atoms with Crippen molar-refractivity contribution in [1.29, 1.82) is 0 Å². The Morgan fingerprint density at radius 1 is 1.38 bits per heavy atom. The number of hydrogen-bond acceptors (Lipinski definition) is 2. The Morgan fingerprint density at radius 2 is 2.12 bits per heavy atom. The maximum atomic E-state index is 11.9. The maximum Gasteiger partial charge on any atom is 0.408 e. The lowest BCUT2D eigenvalue weighted by molar-refractivity contribution is -0.145. The lowest BCUT2D eigenvalue weighted by Gasteiger charge is -2.49. The van der Waals surface area contributed by atoms with Gasteiger partial charge in [0, 0.05) is 6.54 Å². The Hall–Kier alpha value is -1.26. The summed E-state index contributed by atoms with van der Waals surface area (Å²) < 4.78 is 0. The number of amides is 2. The van der Waals surface area contributed by atoms with Crippen LogP contribution in [-0.4, -0.2) is 51.6 Å². The molecule has 16 heavy (non-hydrogen) atoms. The van der Waals surface area contributed by atoms with Gasteiger partial charge in [-0.3, -0.25) is 9.69 Å². The number of carbonyl (C=O) groups excluding carboxylic acids is 1. The van der Waals surface area contributed by atoms with E-state index in [1.54, 1.807) is 0 Å². The van der Waals surface area contributed by atoms with Gasteiger partial charge in [-0.2, -0.15) is 0 Å². The molecule has 1 saturated carbocycles. The minimum Gasteiger partial charge on any atom is -0.465 e. The van der Waals surface area contributed by atoms with Gasteiger partial charge in [0.1, 0.15) is 6.54 Å². The third-order valence-corrected chi connectivity index (χ3v) is 4.27. The Kier molecular flexibility index (Phi) is 1.94. The summed E-state index contributed by atoms with van der Waals surface area (Å²) in [4.78, 5) is 26.4. The van der Waals surface area contributed by atoms with E-state index < -0.39 is 6.09 Å². The van der Waals surface area contributed by atoms with Gasteiger partial charge >= 0.3 is 6.09 Å². The van der Waals surface area contributed by atoms with E-state index in [4.69, 9.17) is 0 Å². The zero-order valence-corrected chi connectivity index (χ0v) is 9.19. The largest absolute Gasteiger partial charge is 0.465 e. The molecule has 1 aliphatic carbocycles. The molecule has 2 amide bonds. The number of rotatable bonds is 0. The summed E-state index contributed by atoms with van der Waals surface area (Å²) in [7, 11) is 0. The number of carbonyl (C=O) groups is 2. The van der Waals surface area contributed by atoms with E-state index in [9.17, 15) is 14.7 Å². The van der Waals surface area contributed by atoms with Gasteiger partial charge in [-0.25, -0.2) is 4.79 Å². The molecule has 0 aromatic heterocycles. The van der Waals surface area contributed by atoms with Crippen LogP contribution in [0, 0.1) is 0 Å². The van der Waals surface area contributed by atoms with Crippen molar-refractivity contribution in [2.45, 2.75) is 43.7 Å². The van der Waals surface area contributed by atoms with E-state index in [0.717, 1.165) is 38.6 Å². The summed E-state index contributed by atoms with van der Waals surface area (Å²) >= 11 is 0. The van der Waals surface area contributed by atoms with Crippen molar-refractivity contribution in [2.75, 3.05) is 13.1 Å². The molecule has 2 heterocycles. The SMILES string of the molecule is O=C1CN(C(=O)O)C2(CC2)C2CCCCN12. The minimum atomic E-state index is -0.934. The van der Waals surface area contributed by atoms with Gasteiger partial charge in [-0.1, -0.05) is 0 Å². The smallest absolute Gasteiger partial charge is 0.408 e. The molecule has 0 aromatic rings. The second kappa shape index (κ2) is 3.12. The van der Waals surface area contributed by atoms with E-state index >= 15 is 0 Å². The van der Waals surface area contributed by atoms with Gasteiger partial charge in [-0.05, 0) is 32.1 Å². The summed E-state index contributed by atoms with van der Waals surface area (Å²) in [5.41, 5.74) is -0.222. The van der Waals surface area contributed by atoms with E-state index in [2.05, 4.69) is 0 Å². The molecule has 2 saturated heterocycles. The summed E-state index contributed by atoms with van der Waals surface area (Å²) in [6, 6.07) is 0.151. The lowest BCUT2D eigenvalue weighted by atomic mass is 9.90. The first kappa shape index (κ1) is 9.93. The third kappa shape index (κ3) is 1.17. The molecule has 5 nitrogen and oxygen atoms in total. The van der Waals surface area contributed by atoms with E-state index in [1.165, 1.54) is 4.90 Å². The highest BCUT2D eigenvalue weighted by molar-refractivity contribution is 5.85. The molecule has 1 atom stereocenters. The molecule has 88 valence electrons. The molecule has 3 aliphatic rings. The van der Waals surface area contributed by atoms with Crippen LogP contribution in [-0.2, 0) is 4.79 Å². The number of piperidine rings is 1. The first-order valence-electron chi connectivity index (χ1n) is 5.95. The Bertz CT molecular complexity index is 351. The van der Waals surface area contributed by atoms with Crippen LogP contribution in [0.4, 0.5) is 4.79 Å². The molecular formula is C11H16N2O3. The predicted octanol–water partition coefficient (Wildman–Crippen LogP) is 0.894. The van der Waals surface area contributed by atoms with Crippen LogP contribution in [0.2, 0.25) is 0 Å². The second-order valence-corrected chi connectivity index (χ2v) is 5.07. The van der Waals surface area contributed by atoms with Gasteiger partial charge in [0.15, 0.2) is 0 Å². The van der Waals surface area contributed by atoms with Crippen molar-refractivity contribution < 1.29 is 14.7 Å². The number of carboxylic acid groups (broad SMARTS) is 1. The fourth-order valence-corrected chi connectivity index (χ4v) is 3.34. The molecular weight excluding hydrogens is 208 g/mol. The van der Waals surface area contributed by atoms with Crippen molar-refractivity contribution in [1.82, 2.24) is 9.80 Å².